The van der Waals surface area contributed by atoms with Crippen molar-refractivity contribution in [3.63, 3.8) is 0 Å². The fraction of sp³-hybridized carbons (Fsp3) is 0.300. The first-order valence-corrected chi connectivity index (χ1v) is 8.52. The zero-order valence-corrected chi connectivity index (χ0v) is 15.0. The Morgan fingerprint density at radius 1 is 1.12 bits per heavy atom. The predicted molar refractivity (Wildman–Crippen MR) is 99.9 cm³/mol. The van der Waals surface area contributed by atoms with Crippen molar-refractivity contribution < 1.29 is 19.1 Å². The van der Waals surface area contributed by atoms with Gasteiger partial charge in [0.15, 0.2) is 0 Å². The molecule has 2 aromatic carbocycles. The lowest BCUT2D eigenvalue weighted by Gasteiger charge is -2.16. The minimum Gasteiger partial charge on any atom is -0.497 e. The third-order valence-corrected chi connectivity index (χ3v) is 4.37. The molecule has 0 saturated carbocycles. The van der Waals surface area contributed by atoms with Gasteiger partial charge in [-0.2, -0.15) is 0 Å². The van der Waals surface area contributed by atoms with Gasteiger partial charge in [0.25, 0.3) is 0 Å². The van der Waals surface area contributed by atoms with Crippen LogP contribution >= 0.6 is 0 Å². The summed E-state index contributed by atoms with van der Waals surface area (Å²) < 4.78 is 10.5. The van der Waals surface area contributed by atoms with Gasteiger partial charge in [-0.3, -0.25) is 9.59 Å². The number of methoxy groups -OCH3 is 2. The standard InChI is InChI=1S/C20H22N2O4/c1-25-17-9-10-18(26-2)14(12-17)13-19(23)21-15-5-7-16(8-6-15)22-11-3-4-20(22)24/h5-10,12H,3-4,11,13H2,1-2H3,(H,21,23). The zero-order valence-electron chi connectivity index (χ0n) is 15.0. The van der Waals surface area contributed by atoms with Gasteiger partial charge in [0.2, 0.25) is 11.8 Å². The highest BCUT2D eigenvalue weighted by atomic mass is 16.5. The molecule has 1 aliphatic rings. The molecule has 1 N–H and O–H groups in total. The molecule has 0 aliphatic carbocycles. The number of anilines is 2. The molecular weight excluding hydrogens is 332 g/mol. The molecule has 0 spiro atoms. The number of hydrogen-bond acceptors (Lipinski definition) is 4. The quantitative estimate of drug-likeness (QED) is 0.866. The molecule has 0 bridgehead atoms. The number of nitrogens with one attached hydrogen (secondary N) is 1. The van der Waals surface area contributed by atoms with Crippen LogP contribution in [0, 0.1) is 0 Å². The summed E-state index contributed by atoms with van der Waals surface area (Å²) >= 11 is 0. The number of benzene rings is 2. The topological polar surface area (TPSA) is 67.9 Å². The Morgan fingerprint density at radius 2 is 1.88 bits per heavy atom. The summed E-state index contributed by atoms with van der Waals surface area (Å²) in [5.74, 6) is 1.31. The molecular formula is C20H22N2O4. The molecule has 1 saturated heterocycles. The van der Waals surface area contributed by atoms with Crippen LogP contribution in [-0.2, 0) is 16.0 Å². The largest absolute Gasteiger partial charge is 0.497 e. The van der Waals surface area contributed by atoms with Crippen molar-refractivity contribution in [2.24, 2.45) is 0 Å². The Kier molecular flexibility index (Phi) is 5.41. The highest BCUT2D eigenvalue weighted by molar-refractivity contribution is 5.96. The van der Waals surface area contributed by atoms with Crippen molar-refractivity contribution in [1.82, 2.24) is 0 Å². The first-order chi connectivity index (χ1) is 12.6. The van der Waals surface area contributed by atoms with Gasteiger partial charge in [0, 0.05) is 29.9 Å². The van der Waals surface area contributed by atoms with Crippen LogP contribution in [0.1, 0.15) is 18.4 Å². The second-order valence-electron chi connectivity index (χ2n) is 6.10. The Labute approximate surface area is 152 Å². The van der Waals surface area contributed by atoms with Crippen molar-refractivity contribution in [2.45, 2.75) is 19.3 Å². The summed E-state index contributed by atoms with van der Waals surface area (Å²) in [6.07, 6.45) is 1.66. The van der Waals surface area contributed by atoms with E-state index < -0.39 is 0 Å². The lowest BCUT2D eigenvalue weighted by atomic mass is 10.1. The molecule has 2 amide bonds. The van der Waals surface area contributed by atoms with Crippen molar-refractivity contribution >= 4 is 23.2 Å². The third-order valence-electron chi connectivity index (χ3n) is 4.37. The van der Waals surface area contributed by atoms with E-state index >= 15 is 0 Å². The molecule has 1 heterocycles. The van der Waals surface area contributed by atoms with E-state index in [0.29, 0.717) is 23.6 Å². The van der Waals surface area contributed by atoms with E-state index in [-0.39, 0.29) is 18.2 Å². The molecule has 0 aromatic heterocycles. The van der Waals surface area contributed by atoms with Gasteiger partial charge in [-0.1, -0.05) is 0 Å². The second kappa shape index (κ2) is 7.91. The van der Waals surface area contributed by atoms with E-state index in [1.54, 1.807) is 37.3 Å². The number of amides is 2. The van der Waals surface area contributed by atoms with Gasteiger partial charge in [0.05, 0.1) is 20.6 Å². The van der Waals surface area contributed by atoms with Crippen LogP contribution in [-0.4, -0.2) is 32.6 Å². The normalized spacial score (nSPS) is 13.6. The highest BCUT2D eigenvalue weighted by Crippen LogP contribution is 2.26. The van der Waals surface area contributed by atoms with E-state index in [4.69, 9.17) is 9.47 Å². The smallest absolute Gasteiger partial charge is 0.228 e. The molecule has 0 atom stereocenters. The van der Waals surface area contributed by atoms with Gasteiger partial charge in [-0.25, -0.2) is 0 Å². The molecule has 0 radical (unpaired) electrons. The van der Waals surface area contributed by atoms with E-state index in [1.807, 2.05) is 24.3 Å². The monoisotopic (exact) mass is 354 g/mol. The maximum Gasteiger partial charge on any atom is 0.228 e. The van der Waals surface area contributed by atoms with Crippen LogP contribution in [0.5, 0.6) is 11.5 Å². The van der Waals surface area contributed by atoms with Gasteiger partial charge in [0.1, 0.15) is 11.5 Å². The van der Waals surface area contributed by atoms with E-state index in [2.05, 4.69) is 5.32 Å². The van der Waals surface area contributed by atoms with Crippen molar-refractivity contribution in [3.05, 3.63) is 48.0 Å². The first kappa shape index (κ1) is 17.8. The maximum absolute atomic E-state index is 12.4. The summed E-state index contributed by atoms with van der Waals surface area (Å²) in [7, 11) is 3.15. The molecule has 0 unspecified atom stereocenters. The van der Waals surface area contributed by atoms with E-state index in [0.717, 1.165) is 24.2 Å². The van der Waals surface area contributed by atoms with Crippen LogP contribution in [0.25, 0.3) is 0 Å². The molecule has 6 nitrogen and oxygen atoms in total. The number of hydrogen-bond donors (Lipinski definition) is 1. The number of rotatable bonds is 6. The third kappa shape index (κ3) is 3.96. The van der Waals surface area contributed by atoms with Gasteiger partial charge < -0.3 is 19.7 Å². The van der Waals surface area contributed by atoms with E-state index in [9.17, 15) is 9.59 Å². The fourth-order valence-electron chi connectivity index (χ4n) is 3.04. The summed E-state index contributed by atoms with van der Waals surface area (Å²) in [5.41, 5.74) is 2.30. The maximum atomic E-state index is 12.4. The number of ether oxygens (including phenoxy) is 2. The Bertz CT molecular complexity index is 802. The van der Waals surface area contributed by atoms with Crippen molar-refractivity contribution in [1.29, 1.82) is 0 Å². The fourth-order valence-corrected chi connectivity index (χ4v) is 3.04. The lowest BCUT2D eigenvalue weighted by Crippen LogP contribution is -2.23. The molecule has 6 heteroatoms. The average Bonchev–Trinajstić information content (AvgIpc) is 3.08. The Balaban J connectivity index is 1.66. The van der Waals surface area contributed by atoms with Crippen LogP contribution < -0.4 is 19.7 Å². The summed E-state index contributed by atoms with van der Waals surface area (Å²) in [5, 5.41) is 2.87. The van der Waals surface area contributed by atoms with Gasteiger partial charge >= 0.3 is 0 Å². The van der Waals surface area contributed by atoms with Crippen LogP contribution in [0.15, 0.2) is 42.5 Å². The molecule has 26 heavy (non-hydrogen) atoms. The van der Waals surface area contributed by atoms with Gasteiger partial charge in [-0.05, 0) is 48.9 Å². The van der Waals surface area contributed by atoms with Crippen molar-refractivity contribution in [3.8, 4) is 11.5 Å². The molecule has 3 rings (SSSR count). The minimum atomic E-state index is -0.151. The minimum absolute atomic E-state index is 0.145. The molecule has 1 fully saturated rings. The number of nitrogens with zero attached hydrogens (tertiary/aromatic N) is 1. The van der Waals surface area contributed by atoms with Crippen molar-refractivity contribution in [2.75, 3.05) is 31.0 Å². The van der Waals surface area contributed by atoms with Crippen LogP contribution in [0.4, 0.5) is 11.4 Å². The Hall–Kier alpha value is -3.02. The summed E-state index contributed by atoms with van der Waals surface area (Å²) in [6.45, 7) is 0.750. The Morgan fingerprint density at radius 3 is 2.50 bits per heavy atom. The van der Waals surface area contributed by atoms with Gasteiger partial charge in [-0.15, -0.1) is 0 Å². The van der Waals surface area contributed by atoms with E-state index in [1.165, 1.54) is 0 Å². The summed E-state index contributed by atoms with van der Waals surface area (Å²) in [6, 6.07) is 12.7. The SMILES string of the molecule is COc1ccc(OC)c(CC(=O)Nc2ccc(N3CCCC3=O)cc2)c1. The highest BCUT2D eigenvalue weighted by Gasteiger charge is 2.21. The summed E-state index contributed by atoms with van der Waals surface area (Å²) in [4.78, 5) is 25.9. The average molecular weight is 354 g/mol. The predicted octanol–water partition coefficient (Wildman–Crippen LogP) is 3.01. The van der Waals surface area contributed by atoms with Crippen LogP contribution in [0.3, 0.4) is 0 Å². The van der Waals surface area contributed by atoms with Crippen LogP contribution in [0.2, 0.25) is 0 Å². The number of carbonyl (C=O) groups excluding carboxylic acids is 2. The molecule has 2 aromatic rings. The second-order valence-corrected chi connectivity index (χ2v) is 6.10. The zero-order chi connectivity index (χ0) is 18.5. The lowest BCUT2D eigenvalue weighted by molar-refractivity contribution is -0.117. The first-order valence-electron chi connectivity index (χ1n) is 8.52. The molecule has 136 valence electrons. The molecule has 1 aliphatic heterocycles. The number of carbonyl (C=O) groups is 2.